The molecule has 1 heterocycles. The number of aliphatic hydroxyl groups excluding tert-OH is 1. The van der Waals surface area contributed by atoms with E-state index in [4.69, 9.17) is 9.47 Å². The first-order valence-corrected chi connectivity index (χ1v) is 7.72. The molecular weight excluding hydrogens is 308 g/mol. The summed E-state index contributed by atoms with van der Waals surface area (Å²) in [4.78, 5) is 0. The van der Waals surface area contributed by atoms with E-state index in [1.807, 2.05) is 12.1 Å². The van der Waals surface area contributed by atoms with E-state index < -0.39 is 6.10 Å². The van der Waals surface area contributed by atoms with E-state index in [1.54, 1.807) is 0 Å². The Balaban J connectivity index is 2.18. The first-order valence-electron chi connectivity index (χ1n) is 6.92. The molecule has 0 amide bonds. The molecule has 1 atom stereocenters. The number of hydrogen-bond acceptors (Lipinski definition) is 3. The van der Waals surface area contributed by atoms with Gasteiger partial charge in [0.1, 0.15) is 13.2 Å². The third-order valence-electron chi connectivity index (χ3n) is 3.72. The highest BCUT2D eigenvalue weighted by molar-refractivity contribution is 9.10. The Morgan fingerprint density at radius 1 is 1.21 bits per heavy atom. The predicted molar refractivity (Wildman–Crippen MR) is 78.8 cm³/mol. The molecule has 0 aromatic heterocycles. The SMILES string of the molecule is CCC(CC)CC(O)c1cc(Br)c2c(c1)OCCO2. The van der Waals surface area contributed by atoms with E-state index in [-0.39, 0.29) is 0 Å². The van der Waals surface area contributed by atoms with Crippen LogP contribution in [-0.4, -0.2) is 18.3 Å². The summed E-state index contributed by atoms with van der Waals surface area (Å²) in [7, 11) is 0. The fourth-order valence-electron chi connectivity index (χ4n) is 2.40. The van der Waals surface area contributed by atoms with Crippen molar-refractivity contribution in [1.82, 2.24) is 0 Å². The van der Waals surface area contributed by atoms with Crippen molar-refractivity contribution in [2.45, 2.75) is 39.2 Å². The van der Waals surface area contributed by atoms with Gasteiger partial charge >= 0.3 is 0 Å². The molecule has 0 aliphatic carbocycles. The summed E-state index contributed by atoms with van der Waals surface area (Å²) in [6.45, 7) is 5.47. The molecule has 4 heteroatoms. The average Bonchev–Trinajstić information content (AvgIpc) is 2.44. The molecule has 1 aromatic carbocycles. The Kier molecular flexibility index (Phi) is 5.11. The van der Waals surface area contributed by atoms with Crippen molar-refractivity contribution in [1.29, 1.82) is 0 Å². The van der Waals surface area contributed by atoms with Crippen LogP contribution in [0, 0.1) is 5.92 Å². The van der Waals surface area contributed by atoms with Gasteiger partial charge in [-0.2, -0.15) is 0 Å². The van der Waals surface area contributed by atoms with Crippen molar-refractivity contribution in [3.8, 4) is 11.5 Å². The molecule has 2 rings (SSSR count). The van der Waals surface area contributed by atoms with Gasteiger partial charge in [-0.15, -0.1) is 0 Å². The number of halogens is 1. The summed E-state index contributed by atoms with van der Waals surface area (Å²) in [5, 5.41) is 10.4. The minimum Gasteiger partial charge on any atom is -0.486 e. The Labute approximate surface area is 123 Å². The molecule has 1 aliphatic heterocycles. The minimum atomic E-state index is -0.447. The number of hydrogen-bond donors (Lipinski definition) is 1. The van der Waals surface area contributed by atoms with Gasteiger partial charge in [-0.1, -0.05) is 26.7 Å². The Morgan fingerprint density at radius 3 is 2.58 bits per heavy atom. The van der Waals surface area contributed by atoms with Crippen LogP contribution in [0.15, 0.2) is 16.6 Å². The number of aliphatic hydroxyl groups is 1. The molecule has 0 spiro atoms. The molecule has 0 saturated carbocycles. The van der Waals surface area contributed by atoms with E-state index in [0.29, 0.717) is 19.1 Å². The number of benzene rings is 1. The maximum Gasteiger partial charge on any atom is 0.175 e. The van der Waals surface area contributed by atoms with Crippen molar-refractivity contribution >= 4 is 15.9 Å². The summed E-state index contributed by atoms with van der Waals surface area (Å²) in [6, 6.07) is 3.83. The molecule has 1 aliphatic rings. The molecule has 0 saturated heterocycles. The van der Waals surface area contributed by atoms with Gasteiger partial charge in [0.25, 0.3) is 0 Å². The monoisotopic (exact) mass is 328 g/mol. The summed E-state index contributed by atoms with van der Waals surface area (Å²) < 4.78 is 12.0. The second-order valence-corrected chi connectivity index (χ2v) is 5.82. The number of ether oxygens (including phenoxy) is 2. The molecule has 19 heavy (non-hydrogen) atoms. The van der Waals surface area contributed by atoms with Crippen LogP contribution in [0.4, 0.5) is 0 Å². The quantitative estimate of drug-likeness (QED) is 0.885. The highest BCUT2D eigenvalue weighted by Crippen LogP contribution is 2.40. The zero-order chi connectivity index (χ0) is 13.8. The van der Waals surface area contributed by atoms with Gasteiger partial charge in [0.05, 0.1) is 10.6 Å². The van der Waals surface area contributed by atoms with Crippen LogP contribution in [-0.2, 0) is 0 Å². The van der Waals surface area contributed by atoms with Gasteiger partial charge < -0.3 is 14.6 Å². The molecule has 0 fully saturated rings. The van der Waals surface area contributed by atoms with Crippen LogP contribution in [0.25, 0.3) is 0 Å². The summed E-state index contributed by atoms with van der Waals surface area (Å²) >= 11 is 3.49. The van der Waals surface area contributed by atoms with Gasteiger partial charge in [-0.25, -0.2) is 0 Å². The smallest absolute Gasteiger partial charge is 0.175 e. The lowest BCUT2D eigenvalue weighted by atomic mass is 9.93. The first kappa shape index (κ1) is 14.7. The lowest BCUT2D eigenvalue weighted by Gasteiger charge is -2.23. The van der Waals surface area contributed by atoms with Gasteiger partial charge in [-0.05, 0) is 46.0 Å². The van der Waals surface area contributed by atoms with Gasteiger partial charge in [0, 0.05) is 0 Å². The molecule has 1 unspecified atom stereocenters. The van der Waals surface area contributed by atoms with Crippen LogP contribution in [0.3, 0.4) is 0 Å². The first-order chi connectivity index (χ1) is 9.15. The zero-order valence-electron chi connectivity index (χ0n) is 11.5. The number of fused-ring (bicyclic) bond motifs is 1. The largest absolute Gasteiger partial charge is 0.486 e. The Hall–Kier alpha value is -0.740. The van der Waals surface area contributed by atoms with E-state index in [1.165, 1.54) is 0 Å². The second-order valence-electron chi connectivity index (χ2n) is 4.96. The Bertz CT molecular complexity index is 430. The van der Waals surface area contributed by atoms with Gasteiger partial charge in [0.2, 0.25) is 0 Å². The van der Waals surface area contributed by atoms with Crippen LogP contribution in [0.1, 0.15) is 44.8 Å². The lowest BCUT2D eigenvalue weighted by Crippen LogP contribution is -2.16. The average molecular weight is 329 g/mol. The Morgan fingerprint density at radius 2 is 1.89 bits per heavy atom. The summed E-state index contributed by atoms with van der Waals surface area (Å²) in [5.74, 6) is 2.02. The van der Waals surface area contributed by atoms with Crippen molar-refractivity contribution < 1.29 is 14.6 Å². The normalized spacial score (nSPS) is 15.6. The van der Waals surface area contributed by atoms with Crippen LogP contribution in [0.2, 0.25) is 0 Å². The third-order valence-corrected chi connectivity index (χ3v) is 4.30. The van der Waals surface area contributed by atoms with Gasteiger partial charge in [-0.3, -0.25) is 0 Å². The lowest BCUT2D eigenvalue weighted by molar-refractivity contribution is 0.138. The molecular formula is C15H21BrO3. The molecule has 1 aromatic rings. The van der Waals surface area contributed by atoms with Crippen molar-refractivity contribution in [2.24, 2.45) is 5.92 Å². The third kappa shape index (κ3) is 3.42. The number of rotatable bonds is 5. The second kappa shape index (κ2) is 6.62. The van der Waals surface area contributed by atoms with E-state index in [0.717, 1.165) is 40.8 Å². The zero-order valence-corrected chi connectivity index (χ0v) is 13.1. The highest BCUT2D eigenvalue weighted by Gasteiger charge is 2.20. The highest BCUT2D eigenvalue weighted by atomic mass is 79.9. The van der Waals surface area contributed by atoms with Gasteiger partial charge in [0.15, 0.2) is 11.5 Å². The fourth-order valence-corrected chi connectivity index (χ4v) is 2.97. The van der Waals surface area contributed by atoms with Crippen LogP contribution < -0.4 is 9.47 Å². The van der Waals surface area contributed by atoms with Crippen LogP contribution in [0.5, 0.6) is 11.5 Å². The topological polar surface area (TPSA) is 38.7 Å². The summed E-state index contributed by atoms with van der Waals surface area (Å²) in [5.41, 5.74) is 0.892. The van der Waals surface area contributed by atoms with Crippen LogP contribution >= 0.6 is 15.9 Å². The molecule has 0 radical (unpaired) electrons. The maximum atomic E-state index is 10.4. The van der Waals surface area contributed by atoms with E-state index in [9.17, 15) is 5.11 Å². The van der Waals surface area contributed by atoms with Crippen molar-refractivity contribution in [2.75, 3.05) is 13.2 Å². The predicted octanol–water partition coefficient (Wildman–Crippen LogP) is 4.08. The summed E-state index contributed by atoms with van der Waals surface area (Å²) in [6.07, 6.45) is 2.54. The van der Waals surface area contributed by atoms with Crippen molar-refractivity contribution in [3.63, 3.8) is 0 Å². The molecule has 3 nitrogen and oxygen atoms in total. The molecule has 1 N–H and O–H groups in total. The molecule has 0 bridgehead atoms. The maximum absolute atomic E-state index is 10.4. The molecule has 106 valence electrons. The van der Waals surface area contributed by atoms with Crippen molar-refractivity contribution in [3.05, 3.63) is 22.2 Å². The van der Waals surface area contributed by atoms with E-state index in [2.05, 4.69) is 29.8 Å². The fraction of sp³-hybridized carbons (Fsp3) is 0.600. The standard InChI is InChI=1S/C15H21BrO3/c1-3-10(4-2)7-13(17)11-8-12(16)15-14(9-11)18-5-6-19-15/h8-10,13,17H,3-7H2,1-2H3. The van der Waals surface area contributed by atoms with E-state index >= 15 is 0 Å². The minimum absolute atomic E-state index is 0.447.